The van der Waals surface area contributed by atoms with E-state index in [1.54, 1.807) is 0 Å². The van der Waals surface area contributed by atoms with Gasteiger partial charge in [0.15, 0.2) is 0 Å². The Morgan fingerprint density at radius 2 is 2.07 bits per heavy atom. The first-order valence-electron chi connectivity index (χ1n) is 6.09. The molecular formula is C12H24N2O. The molecule has 1 aliphatic rings. The van der Waals surface area contributed by atoms with Gasteiger partial charge in [-0.05, 0) is 37.6 Å². The first-order chi connectivity index (χ1) is 7.08. The van der Waals surface area contributed by atoms with Gasteiger partial charge < -0.3 is 11.1 Å². The van der Waals surface area contributed by atoms with Gasteiger partial charge in [0.05, 0.1) is 0 Å². The quantitative estimate of drug-likeness (QED) is 0.728. The number of nitrogens with one attached hydrogen (secondary N) is 1. The van der Waals surface area contributed by atoms with Gasteiger partial charge in [-0.1, -0.05) is 20.3 Å². The van der Waals surface area contributed by atoms with Crippen LogP contribution in [0.4, 0.5) is 0 Å². The van der Waals surface area contributed by atoms with Crippen molar-refractivity contribution in [1.29, 1.82) is 0 Å². The molecule has 0 saturated heterocycles. The van der Waals surface area contributed by atoms with Crippen molar-refractivity contribution in [2.45, 2.75) is 52.0 Å². The summed E-state index contributed by atoms with van der Waals surface area (Å²) in [5.41, 5.74) is 5.24. The zero-order valence-electron chi connectivity index (χ0n) is 9.96. The molecule has 1 aliphatic carbocycles. The predicted octanol–water partition coefficient (Wildman–Crippen LogP) is 1.67. The molecule has 3 N–H and O–H groups in total. The Balaban J connectivity index is 2.25. The third-order valence-electron chi connectivity index (χ3n) is 3.20. The van der Waals surface area contributed by atoms with Gasteiger partial charge in [0.25, 0.3) is 0 Å². The molecule has 1 rings (SSSR count). The lowest BCUT2D eigenvalue weighted by Crippen LogP contribution is -2.32. The van der Waals surface area contributed by atoms with Gasteiger partial charge in [0.1, 0.15) is 0 Å². The lowest BCUT2D eigenvalue weighted by Gasteiger charge is -2.29. The second-order valence-corrected chi connectivity index (χ2v) is 5.13. The summed E-state index contributed by atoms with van der Waals surface area (Å²) < 4.78 is 0. The first kappa shape index (κ1) is 12.5. The van der Waals surface area contributed by atoms with Gasteiger partial charge in [-0.25, -0.2) is 0 Å². The maximum atomic E-state index is 10.8. The maximum absolute atomic E-state index is 10.8. The van der Waals surface area contributed by atoms with Gasteiger partial charge in [-0.2, -0.15) is 0 Å². The highest BCUT2D eigenvalue weighted by Gasteiger charge is 2.22. The molecule has 0 bridgehead atoms. The molecule has 0 heterocycles. The van der Waals surface area contributed by atoms with Crippen molar-refractivity contribution in [3.8, 4) is 0 Å². The summed E-state index contributed by atoms with van der Waals surface area (Å²) in [7, 11) is 0. The second-order valence-electron chi connectivity index (χ2n) is 5.13. The van der Waals surface area contributed by atoms with Crippen LogP contribution in [0.15, 0.2) is 0 Å². The molecular weight excluding hydrogens is 188 g/mol. The molecule has 0 aromatic carbocycles. The van der Waals surface area contributed by atoms with Gasteiger partial charge >= 0.3 is 0 Å². The topological polar surface area (TPSA) is 55.1 Å². The lowest BCUT2D eigenvalue weighted by molar-refractivity contribution is -0.119. The van der Waals surface area contributed by atoms with Crippen molar-refractivity contribution in [3.63, 3.8) is 0 Å². The summed E-state index contributed by atoms with van der Waals surface area (Å²) in [4.78, 5) is 10.8. The largest absolute Gasteiger partial charge is 0.370 e. The Labute approximate surface area is 92.8 Å². The van der Waals surface area contributed by atoms with E-state index in [0.29, 0.717) is 18.4 Å². The van der Waals surface area contributed by atoms with E-state index in [4.69, 9.17) is 5.73 Å². The van der Waals surface area contributed by atoms with Crippen LogP contribution < -0.4 is 11.1 Å². The fraction of sp³-hybridized carbons (Fsp3) is 0.917. The Morgan fingerprint density at radius 1 is 1.40 bits per heavy atom. The van der Waals surface area contributed by atoms with Crippen LogP contribution in [-0.2, 0) is 4.79 Å². The molecule has 3 nitrogen and oxygen atoms in total. The summed E-state index contributed by atoms with van der Waals surface area (Å²) in [5.74, 6) is 1.14. The zero-order valence-corrected chi connectivity index (χ0v) is 9.96. The normalized spacial score (nSPS) is 26.9. The van der Waals surface area contributed by atoms with Crippen LogP contribution >= 0.6 is 0 Å². The van der Waals surface area contributed by atoms with Crippen LogP contribution in [0.3, 0.4) is 0 Å². The molecule has 88 valence electrons. The summed E-state index contributed by atoms with van der Waals surface area (Å²) in [6.07, 6.45) is 5.49. The molecule has 1 amide bonds. The number of primary amides is 1. The van der Waals surface area contributed by atoms with Gasteiger partial charge in [0, 0.05) is 12.5 Å². The molecule has 1 fully saturated rings. The highest BCUT2D eigenvalue weighted by molar-refractivity contribution is 5.73. The van der Waals surface area contributed by atoms with Crippen LogP contribution in [0.5, 0.6) is 0 Å². The second kappa shape index (κ2) is 6.11. The van der Waals surface area contributed by atoms with E-state index in [1.807, 2.05) is 0 Å². The molecule has 3 heteroatoms. The molecule has 1 saturated carbocycles. The lowest BCUT2D eigenvalue weighted by atomic mass is 9.79. The van der Waals surface area contributed by atoms with Gasteiger partial charge in [0.2, 0.25) is 5.91 Å². The Morgan fingerprint density at radius 3 is 2.67 bits per heavy atom. The average Bonchev–Trinajstić information content (AvgIpc) is 2.14. The summed E-state index contributed by atoms with van der Waals surface area (Å²) in [5, 5.41) is 3.47. The zero-order chi connectivity index (χ0) is 11.3. The number of amides is 1. The number of hydrogen-bond acceptors (Lipinski definition) is 2. The molecule has 2 atom stereocenters. The molecule has 0 aliphatic heterocycles. The van der Waals surface area contributed by atoms with E-state index in [2.05, 4.69) is 19.2 Å². The minimum atomic E-state index is -0.141. The number of rotatable bonds is 5. The van der Waals surface area contributed by atoms with E-state index in [-0.39, 0.29) is 5.91 Å². The smallest absolute Gasteiger partial charge is 0.217 e. The minimum Gasteiger partial charge on any atom is -0.370 e. The number of carbonyl (C=O) groups is 1. The molecule has 0 aromatic heterocycles. The minimum absolute atomic E-state index is 0.141. The Kier molecular flexibility index (Phi) is 5.09. The number of hydrogen-bond donors (Lipinski definition) is 2. The summed E-state index contributed by atoms with van der Waals surface area (Å²) in [6.45, 7) is 5.43. The van der Waals surface area contributed by atoms with E-state index in [1.165, 1.54) is 25.7 Å². The molecule has 15 heavy (non-hydrogen) atoms. The fourth-order valence-electron chi connectivity index (χ4n) is 2.46. The van der Waals surface area contributed by atoms with Gasteiger partial charge in [-0.3, -0.25) is 4.79 Å². The van der Waals surface area contributed by atoms with Crippen molar-refractivity contribution in [2.75, 3.05) is 6.54 Å². The Bertz CT molecular complexity index is 204. The predicted molar refractivity (Wildman–Crippen MR) is 62.4 cm³/mol. The monoisotopic (exact) mass is 212 g/mol. The van der Waals surface area contributed by atoms with Crippen molar-refractivity contribution >= 4 is 5.91 Å². The van der Waals surface area contributed by atoms with Crippen LogP contribution in [-0.4, -0.2) is 18.5 Å². The molecule has 0 radical (unpaired) electrons. The maximum Gasteiger partial charge on any atom is 0.217 e. The van der Waals surface area contributed by atoms with E-state index >= 15 is 0 Å². The number of nitrogens with two attached hydrogens (primary N) is 1. The average molecular weight is 212 g/mol. The first-order valence-corrected chi connectivity index (χ1v) is 6.09. The third kappa shape index (κ3) is 5.17. The highest BCUT2D eigenvalue weighted by atomic mass is 16.1. The van der Waals surface area contributed by atoms with Gasteiger partial charge in [-0.15, -0.1) is 0 Å². The van der Waals surface area contributed by atoms with Crippen molar-refractivity contribution < 1.29 is 4.79 Å². The van der Waals surface area contributed by atoms with E-state index in [0.717, 1.165) is 12.5 Å². The van der Waals surface area contributed by atoms with E-state index in [9.17, 15) is 4.79 Å². The number of carbonyl (C=O) groups excluding carboxylic acids is 1. The van der Waals surface area contributed by atoms with Crippen LogP contribution in [0.1, 0.15) is 46.0 Å². The van der Waals surface area contributed by atoms with Crippen LogP contribution in [0.2, 0.25) is 0 Å². The molecule has 2 unspecified atom stereocenters. The highest BCUT2D eigenvalue weighted by Crippen LogP contribution is 2.30. The molecule has 0 aromatic rings. The van der Waals surface area contributed by atoms with Crippen LogP contribution in [0.25, 0.3) is 0 Å². The Hall–Kier alpha value is -0.570. The van der Waals surface area contributed by atoms with Crippen LogP contribution in [0, 0.1) is 11.8 Å². The summed E-state index contributed by atoms with van der Waals surface area (Å²) in [6, 6.07) is 0.557. The third-order valence-corrected chi connectivity index (χ3v) is 3.20. The van der Waals surface area contributed by atoms with Crippen molar-refractivity contribution in [1.82, 2.24) is 5.32 Å². The van der Waals surface area contributed by atoms with Crippen molar-refractivity contribution in [3.05, 3.63) is 0 Å². The summed E-state index contributed by atoms with van der Waals surface area (Å²) >= 11 is 0. The van der Waals surface area contributed by atoms with E-state index < -0.39 is 0 Å². The fourth-order valence-corrected chi connectivity index (χ4v) is 2.46. The molecule has 0 spiro atoms. The van der Waals surface area contributed by atoms with Crippen molar-refractivity contribution in [2.24, 2.45) is 17.6 Å². The standard InChI is InChI=1S/C12H24N2O/c1-9(2)14-8-11-5-3-4-10(6-11)7-12(13)15/h9-11,14H,3-8H2,1-2H3,(H2,13,15). The SMILES string of the molecule is CC(C)NCC1CCCC(CC(N)=O)C1.